The fourth-order valence-corrected chi connectivity index (χ4v) is 1.60. The van der Waals surface area contributed by atoms with Gasteiger partial charge in [-0.05, 0) is 17.7 Å². The summed E-state index contributed by atoms with van der Waals surface area (Å²) in [5.41, 5.74) is 1.06. The first-order chi connectivity index (χ1) is 8.36. The van der Waals surface area contributed by atoms with Gasteiger partial charge in [0.25, 0.3) is 0 Å². The number of benzene rings is 1. The Labute approximate surface area is 109 Å². The predicted molar refractivity (Wildman–Crippen MR) is 73.1 cm³/mol. The van der Waals surface area contributed by atoms with E-state index in [1.807, 2.05) is 24.3 Å². The van der Waals surface area contributed by atoms with Gasteiger partial charge in [-0.15, -0.1) is 0 Å². The van der Waals surface area contributed by atoms with Gasteiger partial charge in [0.2, 0.25) is 0 Å². The van der Waals surface area contributed by atoms with E-state index < -0.39 is 0 Å². The molecule has 1 rings (SSSR count). The summed E-state index contributed by atoms with van der Waals surface area (Å²) < 4.78 is 5.14. The standard InChI is InChI=1S/C14H22N2O2/c1-14(2,10-15-13(17)16(3)4)11-6-8-12(18-5)9-7-11/h6-9H,10H2,1-5H3,(H,15,17). The third-order valence-corrected chi connectivity index (χ3v) is 2.96. The Hall–Kier alpha value is -1.71. The maximum absolute atomic E-state index is 11.5. The summed E-state index contributed by atoms with van der Waals surface area (Å²) in [6, 6.07) is 7.85. The zero-order chi connectivity index (χ0) is 13.8. The molecule has 0 saturated heterocycles. The van der Waals surface area contributed by atoms with Gasteiger partial charge in [0, 0.05) is 26.1 Å². The molecule has 100 valence electrons. The lowest BCUT2D eigenvalue weighted by molar-refractivity contribution is 0.215. The molecule has 0 unspecified atom stereocenters. The average molecular weight is 250 g/mol. The van der Waals surface area contributed by atoms with Crippen molar-refractivity contribution in [3.63, 3.8) is 0 Å². The molecule has 4 nitrogen and oxygen atoms in total. The first-order valence-electron chi connectivity index (χ1n) is 5.96. The number of carbonyl (C=O) groups excluding carboxylic acids is 1. The Kier molecular flexibility index (Phi) is 4.59. The number of ether oxygens (including phenoxy) is 1. The molecule has 0 spiro atoms. The monoisotopic (exact) mass is 250 g/mol. The summed E-state index contributed by atoms with van der Waals surface area (Å²) >= 11 is 0. The molecule has 0 aliphatic carbocycles. The first-order valence-corrected chi connectivity index (χ1v) is 5.96. The van der Waals surface area contributed by atoms with Crippen LogP contribution in [0.1, 0.15) is 19.4 Å². The van der Waals surface area contributed by atoms with Crippen LogP contribution in [0, 0.1) is 0 Å². The summed E-state index contributed by atoms with van der Waals surface area (Å²) in [5, 5.41) is 2.91. The minimum atomic E-state index is -0.113. The summed E-state index contributed by atoms with van der Waals surface area (Å²) in [6.07, 6.45) is 0. The normalized spacial score (nSPS) is 10.9. The van der Waals surface area contributed by atoms with Crippen molar-refractivity contribution in [3.05, 3.63) is 29.8 Å². The van der Waals surface area contributed by atoms with Crippen LogP contribution < -0.4 is 10.1 Å². The van der Waals surface area contributed by atoms with Gasteiger partial charge in [-0.25, -0.2) is 4.79 Å². The molecule has 0 radical (unpaired) electrons. The second-order valence-electron chi connectivity index (χ2n) is 5.17. The highest BCUT2D eigenvalue weighted by molar-refractivity contribution is 5.73. The minimum Gasteiger partial charge on any atom is -0.497 e. The number of hydrogen-bond acceptors (Lipinski definition) is 2. The number of methoxy groups -OCH3 is 1. The minimum absolute atomic E-state index is 0.0726. The smallest absolute Gasteiger partial charge is 0.316 e. The van der Waals surface area contributed by atoms with Crippen molar-refractivity contribution in [2.75, 3.05) is 27.7 Å². The van der Waals surface area contributed by atoms with E-state index >= 15 is 0 Å². The zero-order valence-corrected chi connectivity index (χ0v) is 11.8. The maximum Gasteiger partial charge on any atom is 0.316 e. The molecule has 1 N–H and O–H groups in total. The van der Waals surface area contributed by atoms with E-state index in [1.165, 1.54) is 10.5 Å². The largest absolute Gasteiger partial charge is 0.497 e. The van der Waals surface area contributed by atoms with Crippen molar-refractivity contribution in [1.82, 2.24) is 10.2 Å². The zero-order valence-electron chi connectivity index (χ0n) is 11.8. The Morgan fingerprint density at radius 3 is 2.28 bits per heavy atom. The second-order valence-corrected chi connectivity index (χ2v) is 5.17. The van der Waals surface area contributed by atoms with E-state index in [1.54, 1.807) is 21.2 Å². The molecule has 4 heteroatoms. The van der Waals surface area contributed by atoms with Gasteiger partial charge in [0.05, 0.1) is 7.11 Å². The van der Waals surface area contributed by atoms with E-state index in [2.05, 4.69) is 19.2 Å². The third kappa shape index (κ3) is 3.65. The van der Waals surface area contributed by atoms with Crippen molar-refractivity contribution in [1.29, 1.82) is 0 Å². The van der Waals surface area contributed by atoms with Crippen molar-refractivity contribution in [2.45, 2.75) is 19.3 Å². The Morgan fingerprint density at radius 2 is 1.83 bits per heavy atom. The molecular formula is C14H22N2O2. The molecule has 1 aromatic carbocycles. The molecule has 0 aliphatic rings. The number of urea groups is 1. The molecular weight excluding hydrogens is 228 g/mol. The van der Waals surface area contributed by atoms with Crippen LogP contribution in [-0.2, 0) is 5.41 Å². The fourth-order valence-electron chi connectivity index (χ4n) is 1.60. The van der Waals surface area contributed by atoms with Gasteiger partial charge in [0.15, 0.2) is 0 Å². The quantitative estimate of drug-likeness (QED) is 0.890. The fraction of sp³-hybridized carbons (Fsp3) is 0.500. The predicted octanol–water partition coefficient (Wildman–Crippen LogP) is 2.24. The van der Waals surface area contributed by atoms with Gasteiger partial charge in [0.1, 0.15) is 5.75 Å². The van der Waals surface area contributed by atoms with E-state index in [-0.39, 0.29) is 11.4 Å². The van der Waals surface area contributed by atoms with Crippen LogP contribution in [-0.4, -0.2) is 38.7 Å². The number of carbonyl (C=O) groups is 1. The number of rotatable bonds is 4. The molecule has 0 heterocycles. The van der Waals surface area contributed by atoms with Gasteiger partial charge >= 0.3 is 6.03 Å². The molecule has 1 aromatic rings. The van der Waals surface area contributed by atoms with Crippen LogP contribution >= 0.6 is 0 Å². The van der Waals surface area contributed by atoms with Gasteiger partial charge in [-0.1, -0.05) is 26.0 Å². The van der Waals surface area contributed by atoms with E-state index in [4.69, 9.17) is 4.74 Å². The summed E-state index contributed by atoms with van der Waals surface area (Å²) in [6.45, 7) is 4.80. The lowest BCUT2D eigenvalue weighted by atomic mass is 9.84. The molecule has 0 bridgehead atoms. The van der Waals surface area contributed by atoms with Crippen molar-refractivity contribution < 1.29 is 9.53 Å². The van der Waals surface area contributed by atoms with Crippen molar-refractivity contribution >= 4 is 6.03 Å². The molecule has 0 aromatic heterocycles. The van der Waals surface area contributed by atoms with Crippen molar-refractivity contribution in [3.8, 4) is 5.75 Å². The Bertz CT molecular complexity index is 397. The van der Waals surface area contributed by atoms with Crippen LogP contribution in [0.4, 0.5) is 4.79 Å². The summed E-state index contributed by atoms with van der Waals surface area (Å²) in [5.74, 6) is 0.840. The lowest BCUT2D eigenvalue weighted by Gasteiger charge is -2.26. The first kappa shape index (κ1) is 14.4. The number of nitrogens with one attached hydrogen (secondary N) is 1. The SMILES string of the molecule is COc1ccc(C(C)(C)CNC(=O)N(C)C)cc1. The molecule has 2 amide bonds. The van der Waals surface area contributed by atoms with Gasteiger partial charge in [-0.2, -0.15) is 0 Å². The summed E-state index contributed by atoms with van der Waals surface area (Å²) in [4.78, 5) is 13.0. The summed E-state index contributed by atoms with van der Waals surface area (Å²) in [7, 11) is 5.11. The topological polar surface area (TPSA) is 41.6 Å². The number of hydrogen-bond donors (Lipinski definition) is 1. The maximum atomic E-state index is 11.5. The van der Waals surface area contributed by atoms with Gasteiger partial charge in [-0.3, -0.25) is 0 Å². The van der Waals surface area contributed by atoms with E-state index in [0.29, 0.717) is 6.54 Å². The van der Waals surface area contributed by atoms with Crippen molar-refractivity contribution in [2.24, 2.45) is 0 Å². The average Bonchev–Trinajstić information content (AvgIpc) is 2.36. The third-order valence-electron chi connectivity index (χ3n) is 2.96. The number of nitrogens with zero attached hydrogens (tertiary/aromatic N) is 1. The van der Waals surface area contributed by atoms with Crippen LogP contribution in [0.3, 0.4) is 0 Å². The number of amides is 2. The van der Waals surface area contributed by atoms with Crippen LogP contribution in [0.2, 0.25) is 0 Å². The van der Waals surface area contributed by atoms with E-state index in [0.717, 1.165) is 5.75 Å². The van der Waals surface area contributed by atoms with Crippen LogP contribution in [0.15, 0.2) is 24.3 Å². The van der Waals surface area contributed by atoms with Gasteiger partial charge < -0.3 is 15.0 Å². The molecule has 18 heavy (non-hydrogen) atoms. The molecule has 0 fully saturated rings. The Morgan fingerprint density at radius 1 is 1.28 bits per heavy atom. The Balaban J connectivity index is 2.69. The molecule has 0 aliphatic heterocycles. The highest BCUT2D eigenvalue weighted by Crippen LogP contribution is 2.24. The van der Waals surface area contributed by atoms with Crippen LogP contribution in [0.25, 0.3) is 0 Å². The second kappa shape index (κ2) is 5.76. The van der Waals surface area contributed by atoms with E-state index in [9.17, 15) is 4.79 Å². The highest BCUT2D eigenvalue weighted by Gasteiger charge is 2.21. The molecule has 0 saturated carbocycles. The lowest BCUT2D eigenvalue weighted by Crippen LogP contribution is -2.41. The molecule has 0 atom stereocenters. The van der Waals surface area contributed by atoms with Crippen LogP contribution in [0.5, 0.6) is 5.75 Å². The highest BCUT2D eigenvalue weighted by atomic mass is 16.5.